The van der Waals surface area contributed by atoms with Crippen LogP contribution in [0.2, 0.25) is 0 Å². The molecule has 1 aromatic rings. The van der Waals surface area contributed by atoms with Crippen LogP contribution in [0.3, 0.4) is 0 Å². The van der Waals surface area contributed by atoms with Crippen LogP contribution in [0.4, 0.5) is 16.2 Å². The van der Waals surface area contributed by atoms with Crippen LogP contribution in [0.1, 0.15) is 13.8 Å². The van der Waals surface area contributed by atoms with E-state index in [2.05, 4.69) is 16.0 Å². The van der Waals surface area contributed by atoms with E-state index in [4.69, 9.17) is 5.73 Å². The van der Waals surface area contributed by atoms with Crippen LogP contribution in [-0.2, 0) is 4.79 Å². The summed E-state index contributed by atoms with van der Waals surface area (Å²) < 4.78 is 0. The van der Waals surface area contributed by atoms with Crippen LogP contribution in [0, 0.1) is 5.41 Å². The molecule has 0 aliphatic carbocycles. The van der Waals surface area contributed by atoms with Gasteiger partial charge >= 0.3 is 6.03 Å². The molecular weight excluding hydrogens is 244 g/mol. The largest absolute Gasteiger partial charge is 0.399 e. The van der Waals surface area contributed by atoms with E-state index >= 15 is 0 Å². The van der Waals surface area contributed by atoms with E-state index < -0.39 is 5.41 Å². The first-order valence-corrected chi connectivity index (χ1v) is 5.98. The summed E-state index contributed by atoms with van der Waals surface area (Å²) in [6.45, 7) is 3.75. The molecule has 19 heavy (non-hydrogen) atoms. The molecule has 5 N–H and O–H groups in total. The van der Waals surface area contributed by atoms with Crippen molar-refractivity contribution in [3.05, 3.63) is 24.3 Å². The minimum Gasteiger partial charge on any atom is -0.399 e. The fourth-order valence-electron chi connectivity index (χ4n) is 1.51. The zero-order valence-corrected chi connectivity index (χ0v) is 11.4. The highest BCUT2D eigenvalue weighted by Gasteiger charge is 2.26. The first-order valence-electron chi connectivity index (χ1n) is 5.98. The number of amides is 3. The molecule has 0 aromatic heterocycles. The molecule has 6 heteroatoms. The Bertz CT molecular complexity index is 471. The predicted octanol–water partition coefficient (Wildman–Crippen LogP) is 1.16. The number of nitrogens with one attached hydrogen (secondary N) is 3. The Kier molecular flexibility index (Phi) is 4.74. The topological polar surface area (TPSA) is 96.2 Å². The molecule has 0 atom stereocenters. The summed E-state index contributed by atoms with van der Waals surface area (Å²) in [7, 11) is 1.57. The molecule has 1 aromatic carbocycles. The van der Waals surface area contributed by atoms with Crippen molar-refractivity contribution in [1.82, 2.24) is 10.6 Å². The monoisotopic (exact) mass is 264 g/mol. The molecular formula is C13H20N4O2. The lowest BCUT2D eigenvalue weighted by Crippen LogP contribution is -2.44. The van der Waals surface area contributed by atoms with Gasteiger partial charge in [-0.3, -0.25) is 4.79 Å². The summed E-state index contributed by atoms with van der Waals surface area (Å²) in [6.07, 6.45) is 0. The normalized spacial score (nSPS) is 10.7. The lowest BCUT2D eigenvalue weighted by Gasteiger charge is -2.22. The zero-order valence-electron chi connectivity index (χ0n) is 11.4. The average molecular weight is 264 g/mol. The molecule has 0 bridgehead atoms. The standard InChI is InChI=1S/C13H20N4O2/c1-13(2,11(18)15-3)8-16-12(19)17-10-6-4-5-9(14)7-10/h4-7H,8,14H2,1-3H3,(H,15,18)(H2,16,17,19). The van der Waals surface area contributed by atoms with E-state index in [1.165, 1.54) is 0 Å². The van der Waals surface area contributed by atoms with E-state index in [1.54, 1.807) is 45.2 Å². The average Bonchev–Trinajstić information content (AvgIpc) is 2.35. The second-order valence-corrected chi connectivity index (χ2v) is 4.90. The summed E-state index contributed by atoms with van der Waals surface area (Å²) in [5.74, 6) is -0.128. The molecule has 0 fully saturated rings. The van der Waals surface area contributed by atoms with Crippen LogP contribution in [-0.4, -0.2) is 25.5 Å². The van der Waals surface area contributed by atoms with E-state index in [0.29, 0.717) is 11.4 Å². The minimum atomic E-state index is -0.665. The van der Waals surface area contributed by atoms with E-state index in [1.807, 2.05) is 0 Å². The molecule has 1 rings (SSSR count). The van der Waals surface area contributed by atoms with Crippen molar-refractivity contribution in [2.75, 3.05) is 24.6 Å². The second kappa shape index (κ2) is 6.08. The number of anilines is 2. The fourth-order valence-corrected chi connectivity index (χ4v) is 1.51. The highest BCUT2D eigenvalue weighted by Crippen LogP contribution is 2.14. The Morgan fingerprint density at radius 3 is 2.58 bits per heavy atom. The van der Waals surface area contributed by atoms with Gasteiger partial charge in [0.1, 0.15) is 0 Å². The van der Waals surface area contributed by atoms with Crippen molar-refractivity contribution >= 4 is 23.3 Å². The molecule has 0 saturated heterocycles. The molecule has 6 nitrogen and oxygen atoms in total. The minimum absolute atomic E-state index is 0.128. The van der Waals surface area contributed by atoms with Crippen molar-refractivity contribution in [3.8, 4) is 0 Å². The molecule has 0 aliphatic heterocycles. The molecule has 0 saturated carbocycles. The van der Waals surface area contributed by atoms with Crippen molar-refractivity contribution in [2.45, 2.75) is 13.8 Å². The van der Waals surface area contributed by atoms with E-state index in [-0.39, 0.29) is 18.5 Å². The number of nitrogen functional groups attached to an aromatic ring is 1. The number of hydrogen-bond acceptors (Lipinski definition) is 3. The van der Waals surface area contributed by atoms with Gasteiger partial charge < -0.3 is 21.7 Å². The van der Waals surface area contributed by atoms with Crippen LogP contribution in [0.15, 0.2) is 24.3 Å². The van der Waals surface area contributed by atoms with Gasteiger partial charge in [0, 0.05) is 25.0 Å². The van der Waals surface area contributed by atoms with Gasteiger partial charge in [-0.05, 0) is 32.0 Å². The number of hydrogen-bond donors (Lipinski definition) is 4. The molecule has 3 amide bonds. The summed E-state index contributed by atoms with van der Waals surface area (Å²) in [4.78, 5) is 23.2. The van der Waals surface area contributed by atoms with Gasteiger partial charge in [-0.25, -0.2) is 4.79 Å². The molecule has 0 aliphatic rings. The van der Waals surface area contributed by atoms with Crippen LogP contribution >= 0.6 is 0 Å². The van der Waals surface area contributed by atoms with Crippen LogP contribution < -0.4 is 21.7 Å². The Balaban J connectivity index is 2.51. The summed E-state index contributed by atoms with van der Waals surface area (Å²) in [5.41, 5.74) is 6.13. The van der Waals surface area contributed by atoms with Gasteiger partial charge in [-0.2, -0.15) is 0 Å². The third-order valence-electron chi connectivity index (χ3n) is 2.68. The maximum atomic E-state index is 11.7. The number of carbonyl (C=O) groups excluding carboxylic acids is 2. The molecule has 0 unspecified atom stereocenters. The lowest BCUT2D eigenvalue weighted by molar-refractivity contribution is -0.128. The first kappa shape index (κ1) is 14.8. The number of urea groups is 1. The Hall–Kier alpha value is -2.24. The molecule has 0 radical (unpaired) electrons. The number of benzene rings is 1. The van der Waals surface area contributed by atoms with Crippen molar-refractivity contribution < 1.29 is 9.59 Å². The van der Waals surface area contributed by atoms with Gasteiger partial charge in [0.15, 0.2) is 0 Å². The molecule has 0 heterocycles. The lowest BCUT2D eigenvalue weighted by atomic mass is 9.92. The number of nitrogens with two attached hydrogens (primary N) is 1. The van der Waals surface area contributed by atoms with E-state index in [9.17, 15) is 9.59 Å². The van der Waals surface area contributed by atoms with Gasteiger partial charge in [-0.15, -0.1) is 0 Å². The SMILES string of the molecule is CNC(=O)C(C)(C)CNC(=O)Nc1cccc(N)c1. The number of rotatable bonds is 4. The third-order valence-corrected chi connectivity index (χ3v) is 2.68. The highest BCUT2D eigenvalue weighted by molar-refractivity contribution is 5.90. The number of carbonyl (C=O) groups is 2. The molecule has 104 valence electrons. The second-order valence-electron chi connectivity index (χ2n) is 4.90. The summed E-state index contributed by atoms with van der Waals surface area (Å²) in [5, 5.41) is 7.86. The predicted molar refractivity (Wildman–Crippen MR) is 75.7 cm³/mol. The Morgan fingerprint density at radius 2 is 2.00 bits per heavy atom. The van der Waals surface area contributed by atoms with Crippen molar-refractivity contribution in [2.24, 2.45) is 5.41 Å². The van der Waals surface area contributed by atoms with Gasteiger partial charge in [-0.1, -0.05) is 6.07 Å². The first-order chi connectivity index (χ1) is 8.85. The fraction of sp³-hybridized carbons (Fsp3) is 0.385. The van der Waals surface area contributed by atoms with Gasteiger partial charge in [0.25, 0.3) is 0 Å². The van der Waals surface area contributed by atoms with E-state index in [0.717, 1.165) is 0 Å². The maximum absolute atomic E-state index is 11.7. The third kappa shape index (κ3) is 4.50. The smallest absolute Gasteiger partial charge is 0.319 e. The quantitative estimate of drug-likeness (QED) is 0.614. The van der Waals surface area contributed by atoms with Crippen LogP contribution in [0.25, 0.3) is 0 Å². The molecule has 0 spiro atoms. The van der Waals surface area contributed by atoms with Crippen molar-refractivity contribution in [3.63, 3.8) is 0 Å². The summed E-state index contributed by atoms with van der Waals surface area (Å²) >= 11 is 0. The summed E-state index contributed by atoms with van der Waals surface area (Å²) in [6, 6.07) is 6.50. The maximum Gasteiger partial charge on any atom is 0.319 e. The van der Waals surface area contributed by atoms with Gasteiger partial charge in [0.2, 0.25) is 5.91 Å². The highest BCUT2D eigenvalue weighted by atomic mass is 16.2. The van der Waals surface area contributed by atoms with Crippen LogP contribution in [0.5, 0.6) is 0 Å². The zero-order chi connectivity index (χ0) is 14.5. The Labute approximate surface area is 112 Å². The Morgan fingerprint density at radius 1 is 1.32 bits per heavy atom. The van der Waals surface area contributed by atoms with Crippen molar-refractivity contribution in [1.29, 1.82) is 0 Å². The van der Waals surface area contributed by atoms with Gasteiger partial charge in [0.05, 0.1) is 5.41 Å².